The predicted molar refractivity (Wildman–Crippen MR) is 144 cm³/mol. The van der Waals surface area contributed by atoms with Crippen LogP contribution in [0.25, 0.3) is 0 Å². The van der Waals surface area contributed by atoms with Crippen LogP contribution in [0, 0.1) is 0 Å². The van der Waals surface area contributed by atoms with Crippen LogP contribution >= 0.6 is 24.8 Å². The molecule has 3 aromatic carbocycles. The number of hydrogen-bond acceptors (Lipinski definition) is 6. The summed E-state index contributed by atoms with van der Waals surface area (Å²) in [4.78, 5) is 2.27. The van der Waals surface area contributed by atoms with Crippen LogP contribution in [0.5, 0.6) is 23.0 Å². The lowest BCUT2D eigenvalue weighted by Gasteiger charge is -2.36. The van der Waals surface area contributed by atoms with Crippen molar-refractivity contribution < 1.29 is 32.1 Å². The summed E-state index contributed by atoms with van der Waals surface area (Å²) < 4.78 is 59.6. The van der Waals surface area contributed by atoms with Crippen molar-refractivity contribution in [2.75, 3.05) is 40.4 Å². The van der Waals surface area contributed by atoms with E-state index in [0.29, 0.717) is 23.9 Å². The molecule has 1 aliphatic heterocycles. The molecule has 0 spiro atoms. The smallest absolute Gasteiger partial charge is 0.493 e. The Morgan fingerprint density at radius 2 is 1.45 bits per heavy atom. The van der Waals surface area contributed by atoms with Crippen molar-refractivity contribution in [3.05, 3.63) is 83.4 Å². The van der Waals surface area contributed by atoms with E-state index in [0.717, 1.165) is 42.9 Å². The molecule has 11 heteroatoms. The molecule has 1 heterocycles. The van der Waals surface area contributed by atoms with Crippen LogP contribution in [0.3, 0.4) is 0 Å². The SMILES string of the molecule is COc1cc(OCc2ccccc2)c([C@@H](c2ccc(OC(F)(F)F)cc2)N2CCNCC2)cc1OC.Cl.Cl. The van der Waals surface area contributed by atoms with E-state index in [2.05, 4.69) is 15.0 Å². The van der Waals surface area contributed by atoms with Crippen molar-refractivity contribution in [2.45, 2.75) is 19.0 Å². The molecule has 3 aromatic rings. The van der Waals surface area contributed by atoms with Gasteiger partial charge in [-0.25, -0.2) is 0 Å². The molecular weight excluding hydrogens is 544 g/mol. The van der Waals surface area contributed by atoms with Gasteiger partial charge in [-0.1, -0.05) is 42.5 Å². The third-order valence-electron chi connectivity index (χ3n) is 5.99. The number of nitrogens with one attached hydrogen (secondary N) is 1. The topological polar surface area (TPSA) is 52.2 Å². The number of alkyl halides is 3. The van der Waals surface area contributed by atoms with E-state index >= 15 is 0 Å². The average Bonchev–Trinajstić information content (AvgIpc) is 2.89. The summed E-state index contributed by atoms with van der Waals surface area (Å²) in [6.07, 6.45) is -4.75. The molecule has 1 fully saturated rings. The zero-order chi connectivity index (χ0) is 25.5. The summed E-state index contributed by atoms with van der Waals surface area (Å²) in [6.45, 7) is 3.42. The number of ether oxygens (including phenoxy) is 4. The molecule has 0 radical (unpaired) electrons. The Bertz CT molecular complexity index is 1130. The lowest BCUT2D eigenvalue weighted by Crippen LogP contribution is -2.45. The Morgan fingerprint density at radius 3 is 2.03 bits per heavy atom. The highest BCUT2D eigenvalue weighted by molar-refractivity contribution is 5.85. The van der Waals surface area contributed by atoms with Crippen LogP contribution in [0.4, 0.5) is 13.2 Å². The number of rotatable bonds is 9. The highest BCUT2D eigenvalue weighted by Gasteiger charge is 2.32. The van der Waals surface area contributed by atoms with Crippen molar-refractivity contribution >= 4 is 24.8 Å². The van der Waals surface area contributed by atoms with Crippen molar-refractivity contribution in [2.24, 2.45) is 0 Å². The summed E-state index contributed by atoms with van der Waals surface area (Å²) in [6, 6.07) is 19.2. The van der Waals surface area contributed by atoms with Gasteiger partial charge in [0.15, 0.2) is 11.5 Å². The zero-order valence-corrected chi connectivity index (χ0v) is 22.6. The predicted octanol–water partition coefficient (Wildman–Crippen LogP) is 6.02. The van der Waals surface area contributed by atoms with Gasteiger partial charge in [0.2, 0.25) is 0 Å². The van der Waals surface area contributed by atoms with Crippen molar-refractivity contribution in [1.29, 1.82) is 0 Å². The van der Waals surface area contributed by atoms with Gasteiger partial charge in [-0.05, 0) is 29.3 Å². The van der Waals surface area contributed by atoms with Crippen molar-refractivity contribution in [3.8, 4) is 23.0 Å². The summed E-state index contributed by atoms with van der Waals surface area (Å²) >= 11 is 0. The van der Waals surface area contributed by atoms with Gasteiger partial charge in [0.25, 0.3) is 0 Å². The number of nitrogens with zero attached hydrogens (tertiary/aromatic N) is 1. The minimum Gasteiger partial charge on any atom is -0.493 e. The van der Waals surface area contributed by atoms with E-state index in [-0.39, 0.29) is 36.6 Å². The zero-order valence-electron chi connectivity index (χ0n) is 21.0. The quantitative estimate of drug-likeness (QED) is 0.337. The second-order valence-electron chi connectivity index (χ2n) is 8.32. The van der Waals surface area contributed by atoms with E-state index in [9.17, 15) is 13.2 Å². The number of methoxy groups -OCH3 is 2. The van der Waals surface area contributed by atoms with Crippen LogP contribution in [0.15, 0.2) is 66.7 Å². The molecule has 0 bridgehead atoms. The summed E-state index contributed by atoms with van der Waals surface area (Å²) in [5.41, 5.74) is 2.64. The first-order valence-electron chi connectivity index (χ1n) is 11.6. The molecule has 1 atom stereocenters. The molecule has 0 saturated carbocycles. The normalized spacial score (nSPS) is 14.4. The van der Waals surface area contributed by atoms with Crippen LogP contribution < -0.4 is 24.3 Å². The molecule has 1 aliphatic rings. The molecule has 0 unspecified atom stereocenters. The summed E-state index contributed by atoms with van der Waals surface area (Å²) in [5, 5.41) is 3.35. The molecule has 0 aliphatic carbocycles. The van der Waals surface area contributed by atoms with Gasteiger partial charge in [-0.15, -0.1) is 38.0 Å². The maximum absolute atomic E-state index is 12.7. The minimum atomic E-state index is -4.75. The Kier molecular flexibility index (Phi) is 11.8. The lowest BCUT2D eigenvalue weighted by atomic mass is 9.94. The Labute approximate surface area is 232 Å². The summed E-state index contributed by atoms with van der Waals surface area (Å²) in [5.74, 6) is 1.41. The molecule has 38 heavy (non-hydrogen) atoms. The number of hydrogen-bond donors (Lipinski definition) is 1. The highest BCUT2D eigenvalue weighted by Crippen LogP contribution is 2.42. The maximum atomic E-state index is 12.7. The van der Waals surface area contributed by atoms with Crippen LogP contribution in [0.2, 0.25) is 0 Å². The Balaban J connectivity index is 0.00000253. The first-order chi connectivity index (χ1) is 17.4. The molecule has 1 N–H and O–H groups in total. The second-order valence-corrected chi connectivity index (χ2v) is 8.32. The van der Waals surface area contributed by atoms with Crippen molar-refractivity contribution in [1.82, 2.24) is 10.2 Å². The molecule has 1 saturated heterocycles. The largest absolute Gasteiger partial charge is 0.573 e. The molecule has 208 valence electrons. The lowest BCUT2D eigenvalue weighted by molar-refractivity contribution is -0.274. The number of halogens is 5. The van der Waals surface area contributed by atoms with Gasteiger partial charge in [0, 0.05) is 37.8 Å². The minimum absolute atomic E-state index is 0. The summed E-state index contributed by atoms with van der Waals surface area (Å²) in [7, 11) is 3.13. The number of piperazine rings is 1. The average molecular weight is 575 g/mol. The first kappa shape index (κ1) is 31.4. The third-order valence-corrected chi connectivity index (χ3v) is 5.99. The van der Waals surface area contributed by atoms with Gasteiger partial charge in [0.05, 0.1) is 20.3 Å². The van der Waals surface area contributed by atoms with Crippen LogP contribution in [-0.2, 0) is 6.61 Å². The number of benzene rings is 3. The van der Waals surface area contributed by atoms with E-state index in [4.69, 9.17) is 14.2 Å². The van der Waals surface area contributed by atoms with E-state index in [1.807, 2.05) is 36.4 Å². The van der Waals surface area contributed by atoms with Gasteiger partial charge in [0.1, 0.15) is 18.1 Å². The molecule has 4 rings (SSSR count). The Hall–Kier alpha value is -2.85. The van der Waals surface area contributed by atoms with Gasteiger partial charge in [-0.2, -0.15) is 0 Å². The van der Waals surface area contributed by atoms with Gasteiger partial charge < -0.3 is 24.3 Å². The fourth-order valence-corrected chi connectivity index (χ4v) is 4.33. The fourth-order valence-electron chi connectivity index (χ4n) is 4.33. The van der Waals surface area contributed by atoms with E-state index in [1.165, 1.54) is 12.1 Å². The standard InChI is InChI=1S/C27H29F3N2O4.2ClH/c1-33-24-16-22(23(17-25(24)34-2)35-18-19-6-4-3-5-7-19)26(32-14-12-31-13-15-32)20-8-10-21(11-9-20)36-27(28,29)30;;/h3-11,16-17,26,31H,12-15,18H2,1-2H3;2*1H/t26-;;/m1../s1. The van der Waals surface area contributed by atoms with Crippen LogP contribution in [0.1, 0.15) is 22.7 Å². The van der Waals surface area contributed by atoms with Gasteiger partial charge >= 0.3 is 6.36 Å². The van der Waals surface area contributed by atoms with E-state index < -0.39 is 6.36 Å². The third kappa shape index (κ3) is 8.07. The fraction of sp³-hybridized carbons (Fsp3) is 0.333. The Morgan fingerprint density at radius 1 is 0.842 bits per heavy atom. The highest BCUT2D eigenvalue weighted by atomic mass is 35.5. The molecule has 0 amide bonds. The molecule has 0 aromatic heterocycles. The van der Waals surface area contributed by atoms with Crippen molar-refractivity contribution in [3.63, 3.8) is 0 Å². The molecular formula is C27H31Cl2F3N2O4. The second kappa shape index (κ2) is 14.3. The molecule has 6 nitrogen and oxygen atoms in total. The monoisotopic (exact) mass is 574 g/mol. The van der Waals surface area contributed by atoms with Gasteiger partial charge in [-0.3, -0.25) is 4.90 Å². The first-order valence-corrected chi connectivity index (χ1v) is 11.6. The van der Waals surface area contributed by atoms with E-state index in [1.54, 1.807) is 32.4 Å². The van der Waals surface area contributed by atoms with Crippen LogP contribution in [-0.4, -0.2) is 51.7 Å². The maximum Gasteiger partial charge on any atom is 0.573 e.